The summed E-state index contributed by atoms with van der Waals surface area (Å²) >= 11 is 5.86. The Balaban J connectivity index is 1.89. The Morgan fingerprint density at radius 3 is 1.54 bits per heavy atom. The molecule has 6 heteroatoms. The molecule has 144 valence electrons. The van der Waals surface area contributed by atoms with Gasteiger partial charge < -0.3 is 9.05 Å². The maximum atomic E-state index is 13.8. The van der Waals surface area contributed by atoms with Crippen molar-refractivity contribution in [3.63, 3.8) is 0 Å². The molecule has 3 aromatic carbocycles. The van der Waals surface area contributed by atoms with Gasteiger partial charge in [0.15, 0.2) is 5.66 Å². The number of carbonyl (C=O) groups is 1. The van der Waals surface area contributed by atoms with Crippen LogP contribution in [0.3, 0.4) is 0 Å². The summed E-state index contributed by atoms with van der Waals surface area (Å²) in [5.74, 6) is 0. The van der Waals surface area contributed by atoms with Crippen LogP contribution < -0.4 is 0 Å². The first-order valence-corrected chi connectivity index (χ1v) is 10.8. The zero-order valence-corrected chi connectivity index (χ0v) is 16.8. The Morgan fingerprint density at radius 2 is 1.14 bits per heavy atom. The van der Waals surface area contributed by atoms with E-state index in [0.717, 1.165) is 11.1 Å². The molecule has 0 fully saturated rings. The van der Waals surface area contributed by atoms with E-state index in [0.29, 0.717) is 5.56 Å². The first-order chi connectivity index (χ1) is 13.6. The van der Waals surface area contributed by atoms with Gasteiger partial charge in [0.2, 0.25) is 5.24 Å². The standard InChI is InChI=1S/C22H20ClO4P/c23-22(24)21(20-14-8-3-9-15-20)28(25,26-16-18-10-4-1-5-11-18)27-17-19-12-6-2-7-13-19/h1-15,21H,16-17H2. The van der Waals surface area contributed by atoms with E-state index < -0.39 is 18.5 Å². The number of carbonyl (C=O) groups excluding carboxylic acids is 1. The normalized spacial score (nSPS) is 12.5. The van der Waals surface area contributed by atoms with E-state index in [1.54, 1.807) is 30.3 Å². The van der Waals surface area contributed by atoms with Gasteiger partial charge >= 0.3 is 7.60 Å². The first kappa shape index (κ1) is 20.5. The summed E-state index contributed by atoms with van der Waals surface area (Å²) < 4.78 is 25.2. The summed E-state index contributed by atoms with van der Waals surface area (Å²) in [4.78, 5) is 12.2. The number of hydrogen-bond acceptors (Lipinski definition) is 4. The van der Waals surface area contributed by atoms with Crippen molar-refractivity contribution in [2.24, 2.45) is 0 Å². The van der Waals surface area contributed by atoms with E-state index in [1.807, 2.05) is 60.7 Å². The fraction of sp³-hybridized carbons (Fsp3) is 0.136. The molecule has 0 saturated carbocycles. The highest BCUT2D eigenvalue weighted by Crippen LogP contribution is 2.62. The molecule has 0 radical (unpaired) electrons. The molecule has 0 aliphatic rings. The third kappa shape index (κ3) is 5.40. The largest absolute Gasteiger partial charge is 0.347 e. The van der Waals surface area contributed by atoms with Crippen LogP contribution in [0.4, 0.5) is 0 Å². The average molecular weight is 415 g/mol. The lowest BCUT2D eigenvalue weighted by atomic mass is 10.2. The molecule has 0 aliphatic carbocycles. The van der Waals surface area contributed by atoms with Gasteiger partial charge in [-0.25, -0.2) is 0 Å². The van der Waals surface area contributed by atoms with Crippen molar-refractivity contribution in [2.45, 2.75) is 18.9 Å². The smallest absolute Gasteiger partial charge is 0.303 e. The van der Waals surface area contributed by atoms with Crippen molar-refractivity contribution in [2.75, 3.05) is 0 Å². The lowest BCUT2D eigenvalue weighted by molar-refractivity contribution is -0.111. The molecule has 0 aromatic heterocycles. The van der Waals surface area contributed by atoms with Gasteiger partial charge in [-0.15, -0.1) is 0 Å². The SMILES string of the molecule is O=C(Cl)C(c1ccccc1)P(=O)(OCc1ccccc1)OCc1ccccc1. The number of benzene rings is 3. The molecule has 0 amide bonds. The topological polar surface area (TPSA) is 52.6 Å². The van der Waals surface area contributed by atoms with Gasteiger partial charge in [0, 0.05) is 0 Å². The van der Waals surface area contributed by atoms with E-state index in [1.165, 1.54) is 0 Å². The summed E-state index contributed by atoms with van der Waals surface area (Å²) in [6, 6.07) is 27.3. The van der Waals surface area contributed by atoms with Crippen LogP contribution in [0.1, 0.15) is 22.3 Å². The molecule has 28 heavy (non-hydrogen) atoms. The van der Waals surface area contributed by atoms with Gasteiger partial charge in [0.25, 0.3) is 0 Å². The van der Waals surface area contributed by atoms with Crippen LogP contribution >= 0.6 is 19.2 Å². The molecule has 1 atom stereocenters. The van der Waals surface area contributed by atoms with Crippen LogP contribution in [0.25, 0.3) is 0 Å². The van der Waals surface area contributed by atoms with Crippen molar-refractivity contribution in [1.29, 1.82) is 0 Å². The minimum atomic E-state index is -3.92. The highest BCUT2D eigenvalue weighted by molar-refractivity contribution is 7.55. The second kappa shape index (κ2) is 9.81. The van der Waals surface area contributed by atoms with Crippen LogP contribution in [-0.2, 0) is 31.6 Å². The lowest BCUT2D eigenvalue weighted by Crippen LogP contribution is -2.12. The zero-order chi connectivity index (χ0) is 19.8. The number of halogens is 1. The monoisotopic (exact) mass is 414 g/mol. The number of rotatable bonds is 9. The summed E-state index contributed by atoms with van der Waals surface area (Å²) in [7, 11) is -3.92. The van der Waals surface area contributed by atoms with Crippen LogP contribution in [0.2, 0.25) is 0 Å². The molecule has 0 bridgehead atoms. The van der Waals surface area contributed by atoms with Crippen molar-refractivity contribution < 1.29 is 18.4 Å². The van der Waals surface area contributed by atoms with Crippen molar-refractivity contribution in [3.05, 3.63) is 108 Å². The molecule has 0 heterocycles. The minimum absolute atomic E-state index is 0.0421. The highest BCUT2D eigenvalue weighted by Gasteiger charge is 2.42. The summed E-state index contributed by atoms with van der Waals surface area (Å²) in [6.07, 6.45) is 0. The molecular formula is C22H20ClO4P. The van der Waals surface area contributed by atoms with Gasteiger partial charge in [-0.2, -0.15) is 0 Å². The Kier molecular flexibility index (Phi) is 7.18. The van der Waals surface area contributed by atoms with E-state index in [-0.39, 0.29) is 13.2 Å². The molecule has 4 nitrogen and oxygen atoms in total. The predicted octanol–water partition coefficient (Wildman–Crippen LogP) is 6.12. The molecule has 3 rings (SSSR count). The van der Waals surface area contributed by atoms with Crippen molar-refractivity contribution in [3.8, 4) is 0 Å². The highest BCUT2D eigenvalue weighted by atomic mass is 35.5. The lowest BCUT2D eigenvalue weighted by Gasteiger charge is -2.25. The minimum Gasteiger partial charge on any atom is -0.303 e. The molecular weight excluding hydrogens is 395 g/mol. The molecule has 0 N–H and O–H groups in total. The second-order valence-electron chi connectivity index (χ2n) is 6.18. The zero-order valence-electron chi connectivity index (χ0n) is 15.1. The van der Waals surface area contributed by atoms with Gasteiger partial charge in [0.05, 0.1) is 13.2 Å². The maximum Gasteiger partial charge on any atom is 0.347 e. The van der Waals surface area contributed by atoms with Gasteiger partial charge in [-0.1, -0.05) is 91.0 Å². The molecule has 0 saturated heterocycles. The Hall–Kier alpha value is -2.23. The average Bonchev–Trinajstić information content (AvgIpc) is 2.73. The number of hydrogen-bond donors (Lipinski definition) is 0. The quantitative estimate of drug-likeness (QED) is 0.312. The Bertz CT molecular complexity index is 885. The third-order valence-electron chi connectivity index (χ3n) is 4.15. The Morgan fingerprint density at radius 1 is 0.750 bits per heavy atom. The van der Waals surface area contributed by atoms with Gasteiger partial charge in [-0.3, -0.25) is 9.36 Å². The summed E-state index contributed by atoms with van der Waals surface area (Å²) in [5, 5.41) is -0.782. The van der Waals surface area contributed by atoms with Crippen molar-refractivity contribution >= 4 is 24.4 Å². The van der Waals surface area contributed by atoms with Crippen LogP contribution in [0.5, 0.6) is 0 Å². The fourth-order valence-electron chi connectivity index (χ4n) is 2.74. The Labute approximate surface area is 169 Å². The summed E-state index contributed by atoms with van der Waals surface area (Å²) in [6.45, 7) is 0.0841. The molecule has 3 aromatic rings. The summed E-state index contributed by atoms with van der Waals surface area (Å²) in [5.41, 5.74) is 0.925. The fourth-order valence-corrected chi connectivity index (χ4v) is 5.04. The van der Waals surface area contributed by atoms with E-state index >= 15 is 0 Å². The molecule has 0 aliphatic heterocycles. The van der Waals surface area contributed by atoms with Crippen LogP contribution in [0.15, 0.2) is 91.0 Å². The van der Waals surface area contributed by atoms with Crippen LogP contribution in [0, 0.1) is 0 Å². The maximum absolute atomic E-state index is 13.8. The molecule has 0 spiro atoms. The van der Waals surface area contributed by atoms with E-state index in [4.69, 9.17) is 20.6 Å². The molecule has 1 unspecified atom stereocenters. The van der Waals surface area contributed by atoms with Gasteiger partial charge in [0.1, 0.15) is 0 Å². The third-order valence-corrected chi connectivity index (χ3v) is 6.67. The second-order valence-corrected chi connectivity index (χ2v) is 8.66. The van der Waals surface area contributed by atoms with Crippen LogP contribution in [-0.4, -0.2) is 5.24 Å². The van der Waals surface area contributed by atoms with Crippen molar-refractivity contribution in [1.82, 2.24) is 0 Å². The van der Waals surface area contributed by atoms with E-state index in [2.05, 4.69) is 0 Å². The first-order valence-electron chi connectivity index (χ1n) is 8.79. The van der Waals surface area contributed by atoms with Gasteiger partial charge in [-0.05, 0) is 28.3 Å². The predicted molar refractivity (Wildman–Crippen MR) is 110 cm³/mol. The van der Waals surface area contributed by atoms with E-state index in [9.17, 15) is 9.36 Å².